The summed E-state index contributed by atoms with van der Waals surface area (Å²) >= 11 is 0. The van der Waals surface area contributed by atoms with Gasteiger partial charge in [0.25, 0.3) is 5.56 Å². The van der Waals surface area contributed by atoms with E-state index in [1.165, 1.54) is 18.3 Å². The van der Waals surface area contributed by atoms with Gasteiger partial charge in [-0.3, -0.25) is 19.1 Å². The maximum Gasteiger partial charge on any atom is 0.387 e. The summed E-state index contributed by atoms with van der Waals surface area (Å²) in [7, 11) is 0. The van der Waals surface area contributed by atoms with Crippen LogP contribution in [0.3, 0.4) is 0 Å². The van der Waals surface area contributed by atoms with Gasteiger partial charge in [-0.15, -0.1) is 0 Å². The van der Waals surface area contributed by atoms with Crippen molar-refractivity contribution in [2.24, 2.45) is 0 Å². The Bertz CT molecular complexity index is 814. The fourth-order valence-electron chi connectivity index (χ4n) is 2.03. The van der Waals surface area contributed by atoms with E-state index in [0.717, 1.165) is 10.6 Å². The normalized spacial score (nSPS) is 12.0. The number of benzene rings is 1. The monoisotopic (exact) mass is 339 g/mol. The van der Waals surface area contributed by atoms with Gasteiger partial charge in [0.15, 0.2) is 0 Å². The number of ether oxygens (including phenoxy) is 1. The molecular weight excluding hydrogens is 324 g/mol. The topological polar surface area (TPSA) is 93.2 Å². The largest absolute Gasteiger partial charge is 0.435 e. The van der Waals surface area contributed by atoms with Crippen molar-refractivity contribution in [3.05, 3.63) is 62.9 Å². The van der Waals surface area contributed by atoms with Crippen LogP contribution >= 0.6 is 0 Å². The summed E-state index contributed by atoms with van der Waals surface area (Å²) in [4.78, 5) is 36.5. The number of hydrogen-bond donors (Lipinski definition) is 2. The van der Waals surface area contributed by atoms with Crippen molar-refractivity contribution < 1.29 is 18.3 Å². The van der Waals surface area contributed by atoms with Crippen LogP contribution in [0.2, 0.25) is 0 Å². The van der Waals surface area contributed by atoms with Gasteiger partial charge in [0, 0.05) is 12.3 Å². The quantitative estimate of drug-likeness (QED) is 0.822. The van der Waals surface area contributed by atoms with Crippen molar-refractivity contribution in [1.29, 1.82) is 0 Å². The van der Waals surface area contributed by atoms with Gasteiger partial charge in [0.2, 0.25) is 5.91 Å². The Morgan fingerprint density at radius 2 is 1.92 bits per heavy atom. The van der Waals surface area contributed by atoms with Gasteiger partial charge in [0.1, 0.15) is 12.3 Å². The van der Waals surface area contributed by atoms with E-state index in [-0.39, 0.29) is 12.3 Å². The fraction of sp³-hybridized carbons (Fsp3) is 0.267. The van der Waals surface area contributed by atoms with Crippen LogP contribution in [-0.2, 0) is 11.3 Å². The van der Waals surface area contributed by atoms with Crippen LogP contribution in [0.15, 0.2) is 46.1 Å². The minimum atomic E-state index is -2.90. The predicted octanol–water partition coefficient (Wildman–Crippen LogP) is 1.02. The van der Waals surface area contributed by atoms with Crippen molar-refractivity contribution in [2.75, 3.05) is 0 Å². The Hall–Kier alpha value is -2.97. The fourth-order valence-corrected chi connectivity index (χ4v) is 2.03. The Kier molecular flexibility index (Phi) is 5.46. The van der Waals surface area contributed by atoms with E-state index in [2.05, 4.69) is 10.1 Å². The second kappa shape index (κ2) is 7.53. The van der Waals surface area contributed by atoms with Crippen molar-refractivity contribution in [3.63, 3.8) is 0 Å². The first-order valence-corrected chi connectivity index (χ1v) is 6.99. The predicted molar refractivity (Wildman–Crippen MR) is 81.0 cm³/mol. The molecule has 9 heteroatoms. The summed E-state index contributed by atoms with van der Waals surface area (Å²) in [5.41, 5.74) is -0.547. The van der Waals surface area contributed by atoms with Crippen molar-refractivity contribution >= 4 is 5.91 Å². The van der Waals surface area contributed by atoms with Gasteiger partial charge < -0.3 is 10.1 Å². The molecule has 1 unspecified atom stereocenters. The van der Waals surface area contributed by atoms with Gasteiger partial charge in [-0.2, -0.15) is 8.78 Å². The van der Waals surface area contributed by atoms with E-state index in [0.29, 0.717) is 5.56 Å². The number of H-pyrrole nitrogens is 1. The van der Waals surface area contributed by atoms with Gasteiger partial charge >= 0.3 is 12.3 Å². The second-order valence-electron chi connectivity index (χ2n) is 4.97. The molecule has 0 saturated heterocycles. The third kappa shape index (κ3) is 4.77. The van der Waals surface area contributed by atoms with Gasteiger partial charge in [-0.05, 0) is 24.6 Å². The lowest BCUT2D eigenvalue weighted by molar-refractivity contribution is -0.122. The maximum atomic E-state index is 12.1. The lowest BCUT2D eigenvalue weighted by Crippen LogP contribution is -2.36. The van der Waals surface area contributed by atoms with Crippen LogP contribution in [0.4, 0.5) is 8.78 Å². The Balaban J connectivity index is 1.98. The zero-order chi connectivity index (χ0) is 17.7. The maximum absolute atomic E-state index is 12.1. The minimum Gasteiger partial charge on any atom is -0.435 e. The molecule has 24 heavy (non-hydrogen) atoms. The number of nitrogens with one attached hydrogen (secondary N) is 2. The zero-order valence-electron chi connectivity index (χ0n) is 12.7. The summed E-state index contributed by atoms with van der Waals surface area (Å²) in [5, 5.41) is 2.67. The van der Waals surface area contributed by atoms with E-state index in [4.69, 9.17) is 0 Å². The SMILES string of the molecule is CC(NC(=O)Cn1ccc(=O)[nH]c1=O)c1ccc(OC(F)F)cc1. The summed E-state index contributed by atoms with van der Waals surface area (Å²) in [6.07, 6.45) is 1.22. The summed E-state index contributed by atoms with van der Waals surface area (Å²) < 4.78 is 29.5. The highest BCUT2D eigenvalue weighted by molar-refractivity contribution is 5.76. The molecule has 2 N–H and O–H groups in total. The third-order valence-corrected chi connectivity index (χ3v) is 3.19. The molecule has 0 bridgehead atoms. The molecule has 2 aromatic rings. The van der Waals surface area contributed by atoms with Gasteiger partial charge in [-0.25, -0.2) is 4.79 Å². The first-order valence-electron chi connectivity index (χ1n) is 6.99. The highest BCUT2D eigenvalue weighted by Crippen LogP contribution is 2.19. The van der Waals surface area contributed by atoms with E-state index >= 15 is 0 Å². The molecule has 0 fully saturated rings. The first kappa shape index (κ1) is 17.4. The first-order chi connectivity index (χ1) is 11.3. The lowest BCUT2D eigenvalue weighted by Gasteiger charge is -2.15. The molecule has 128 valence electrons. The number of nitrogens with zero attached hydrogens (tertiary/aromatic N) is 1. The number of rotatable bonds is 6. The standard InChI is InChI=1S/C15H15F2N3O4/c1-9(10-2-4-11(5-3-10)24-14(16)17)18-13(22)8-20-7-6-12(21)19-15(20)23/h2-7,9,14H,8H2,1H3,(H,18,22)(H,19,21,23). The molecule has 0 aliphatic heterocycles. The third-order valence-electron chi connectivity index (χ3n) is 3.19. The summed E-state index contributed by atoms with van der Waals surface area (Å²) in [5.74, 6) is -0.420. The van der Waals surface area contributed by atoms with Crippen LogP contribution in [0.25, 0.3) is 0 Å². The Labute approximate surface area is 134 Å². The van der Waals surface area contributed by atoms with Gasteiger partial charge in [0.05, 0.1) is 6.04 Å². The van der Waals surface area contributed by atoms with Crippen molar-refractivity contribution in [2.45, 2.75) is 26.1 Å². The van der Waals surface area contributed by atoms with Crippen LogP contribution in [0, 0.1) is 0 Å². The van der Waals surface area contributed by atoms with E-state index < -0.39 is 29.8 Å². The van der Waals surface area contributed by atoms with Crippen molar-refractivity contribution in [1.82, 2.24) is 14.9 Å². The van der Waals surface area contributed by atoms with Crippen LogP contribution in [0.1, 0.15) is 18.5 Å². The number of carbonyl (C=O) groups excluding carboxylic acids is 1. The smallest absolute Gasteiger partial charge is 0.387 e. The average Bonchev–Trinajstić information content (AvgIpc) is 2.50. The molecule has 1 aromatic carbocycles. The Morgan fingerprint density at radius 3 is 2.50 bits per heavy atom. The number of halogens is 2. The number of carbonyl (C=O) groups is 1. The number of hydrogen-bond acceptors (Lipinski definition) is 4. The van der Waals surface area contributed by atoms with E-state index in [1.807, 2.05) is 4.98 Å². The lowest BCUT2D eigenvalue weighted by atomic mass is 10.1. The Morgan fingerprint density at radius 1 is 1.25 bits per heavy atom. The molecule has 0 aliphatic rings. The van der Waals surface area contributed by atoms with Gasteiger partial charge in [-0.1, -0.05) is 12.1 Å². The van der Waals surface area contributed by atoms with Crippen LogP contribution in [-0.4, -0.2) is 22.1 Å². The molecule has 1 atom stereocenters. The summed E-state index contributed by atoms with van der Waals surface area (Å²) in [6.45, 7) is -1.45. The van der Waals surface area contributed by atoms with Crippen molar-refractivity contribution in [3.8, 4) is 5.75 Å². The molecule has 0 saturated carbocycles. The molecule has 7 nitrogen and oxygen atoms in total. The highest BCUT2D eigenvalue weighted by atomic mass is 19.3. The number of aromatic amines is 1. The summed E-state index contributed by atoms with van der Waals surface area (Å²) in [6, 6.07) is 6.58. The number of alkyl halides is 2. The molecule has 0 spiro atoms. The van der Waals surface area contributed by atoms with E-state index in [1.54, 1.807) is 19.1 Å². The van der Waals surface area contributed by atoms with Crippen LogP contribution < -0.4 is 21.3 Å². The molecular formula is C15H15F2N3O4. The number of aromatic nitrogens is 2. The van der Waals surface area contributed by atoms with Crippen LogP contribution in [0.5, 0.6) is 5.75 Å². The molecule has 0 radical (unpaired) electrons. The second-order valence-corrected chi connectivity index (χ2v) is 4.97. The molecule has 1 amide bonds. The molecule has 0 aliphatic carbocycles. The molecule has 1 aromatic heterocycles. The zero-order valence-corrected chi connectivity index (χ0v) is 12.7. The highest BCUT2D eigenvalue weighted by Gasteiger charge is 2.12. The molecule has 1 heterocycles. The average molecular weight is 339 g/mol. The molecule has 2 rings (SSSR count). The number of amides is 1. The van der Waals surface area contributed by atoms with E-state index in [9.17, 15) is 23.2 Å². The minimum absolute atomic E-state index is 0.0204.